The molecule has 4 N–H and O–H groups in total. The van der Waals surface area contributed by atoms with Gasteiger partial charge in [0.2, 0.25) is 0 Å². The third kappa shape index (κ3) is 5.69. The maximum Gasteiger partial charge on any atom is 0.265 e. The Hall–Kier alpha value is -2.40. The number of nitrogen functional groups attached to an aromatic ring is 1. The highest BCUT2D eigenvalue weighted by Crippen LogP contribution is 2.39. The fraction of sp³-hybridized carbons (Fsp3) is 0.500. The second-order valence-corrected chi connectivity index (χ2v) is 9.99. The van der Waals surface area contributed by atoms with Crippen molar-refractivity contribution >= 4 is 28.9 Å². The molecule has 1 unspecified atom stereocenters. The quantitative estimate of drug-likeness (QED) is 0.283. The van der Waals surface area contributed by atoms with Gasteiger partial charge in [0.05, 0.1) is 16.4 Å². The van der Waals surface area contributed by atoms with E-state index in [0.29, 0.717) is 12.2 Å². The lowest BCUT2D eigenvalue weighted by Gasteiger charge is -2.31. The maximum absolute atomic E-state index is 13.0. The van der Waals surface area contributed by atoms with Gasteiger partial charge in [0.1, 0.15) is 11.5 Å². The van der Waals surface area contributed by atoms with E-state index < -0.39 is 6.10 Å². The first kappa shape index (κ1) is 25.9. The van der Waals surface area contributed by atoms with Crippen LogP contribution < -0.4 is 15.8 Å². The number of aromatic hydroxyl groups is 1. The van der Waals surface area contributed by atoms with E-state index in [2.05, 4.69) is 59.0 Å². The molecule has 0 aliphatic heterocycles. The highest BCUT2D eigenvalue weighted by molar-refractivity contribution is 6.33. The van der Waals surface area contributed by atoms with Gasteiger partial charge < -0.3 is 20.9 Å². The lowest BCUT2D eigenvalue weighted by atomic mass is 9.76. The number of carbonyl (C=O) groups excluding carboxylic acids is 1. The van der Waals surface area contributed by atoms with Crippen molar-refractivity contribution in [1.29, 1.82) is 0 Å². The monoisotopic (exact) mass is 460 g/mol. The Labute approximate surface area is 197 Å². The molecular weight excluding hydrogens is 424 g/mol. The summed E-state index contributed by atoms with van der Waals surface area (Å²) < 4.78 is 6.26. The number of amides is 1. The Morgan fingerprint density at radius 1 is 1.09 bits per heavy atom. The summed E-state index contributed by atoms with van der Waals surface area (Å²) >= 11 is 6.04. The van der Waals surface area contributed by atoms with Crippen LogP contribution in [0.25, 0.3) is 0 Å². The molecule has 32 heavy (non-hydrogen) atoms. The largest absolute Gasteiger partial charge is 0.506 e. The summed E-state index contributed by atoms with van der Waals surface area (Å²) in [5.41, 5.74) is 8.41. The van der Waals surface area contributed by atoms with Gasteiger partial charge in [-0.1, -0.05) is 72.2 Å². The fourth-order valence-corrected chi connectivity index (χ4v) is 3.51. The summed E-state index contributed by atoms with van der Waals surface area (Å²) in [6, 6.07) is 9.04. The molecule has 0 bridgehead atoms. The summed E-state index contributed by atoms with van der Waals surface area (Å²) in [5.74, 6) is 0.199. The van der Waals surface area contributed by atoms with E-state index in [0.717, 1.165) is 18.4 Å². The van der Waals surface area contributed by atoms with Gasteiger partial charge in [-0.2, -0.15) is 0 Å². The van der Waals surface area contributed by atoms with Gasteiger partial charge in [-0.3, -0.25) is 4.79 Å². The molecule has 176 valence electrons. The molecule has 2 aromatic carbocycles. The lowest BCUT2D eigenvalue weighted by Crippen LogP contribution is -2.33. The molecule has 1 amide bonds. The zero-order chi connectivity index (χ0) is 24.3. The Kier molecular flexibility index (Phi) is 8.11. The number of phenols is 1. The Bertz CT molecular complexity index is 970. The smallest absolute Gasteiger partial charge is 0.265 e. The second kappa shape index (κ2) is 10.0. The predicted molar refractivity (Wildman–Crippen MR) is 134 cm³/mol. The standard InChI is InChI=1S/C26H37ClN2O3/c1-8-22(24(31)29-20-14-18(27)19(28)15-21(20)30)32-23-12-11-16(25(4,5)9-2)13-17(23)26(6,7)10-3/h11-15,22,30H,8-10,28H2,1-7H3,(H,29,31). The molecule has 0 aliphatic carbocycles. The number of nitrogens with one attached hydrogen (secondary N) is 1. The molecule has 0 radical (unpaired) electrons. The maximum atomic E-state index is 13.0. The zero-order valence-electron chi connectivity index (χ0n) is 20.3. The first-order valence-corrected chi connectivity index (χ1v) is 11.6. The van der Waals surface area contributed by atoms with E-state index in [4.69, 9.17) is 22.1 Å². The van der Waals surface area contributed by atoms with Gasteiger partial charge in [0.25, 0.3) is 5.91 Å². The van der Waals surface area contributed by atoms with Crippen LogP contribution in [0.5, 0.6) is 11.5 Å². The van der Waals surface area contributed by atoms with Gasteiger partial charge in [-0.15, -0.1) is 0 Å². The van der Waals surface area contributed by atoms with E-state index >= 15 is 0 Å². The molecular formula is C26H37ClN2O3. The summed E-state index contributed by atoms with van der Waals surface area (Å²) in [4.78, 5) is 13.0. The summed E-state index contributed by atoms with van der Waals surface area (Å²) in [6.45, 7) is 15.1. The summed E-state index contributed by atoms with van der Waals surface area (Å²) in [5, 5.41) is 13.1. The summed E-state index contributed by atoms with van der Waals surface area (Å²) in [7, 11) is 0. The van der Waals surface area contributed by atoms with Gasteiger partial charge >= 0.3 is 0 Å². The van der Waals surface area contributed by atoms with Crippen molar-refractivity contribution in [3.63, 3.8) is 0 Å². The molecule has 0 fully saturated rings. The SMILES string of the molecule is CCC(Oc1ccc(C(C)(C)CC)cc1C(C)(C)CC)C(=O)Nc1cc(Cl)c(N)cc1O. The molecule has 0 aromatic heterocycles. The third-order valence-corrected chi connectivity index (χ3v) is 6.89. The molecule has 1 atom stereocenters. The molecule has 0 aliphatic rings. The number of anilines is 2. The topological polar surface area (TPSA) is 84.6 Å². The minimum atomic E-state index is -0.734. The van der Waals surface area contributed by atoms with Crippen LogP contribution in [0.15, 0.2) is 30.3 Å². The van der Waals surface area contributed by atoms with Gasteiger partial charge in [-0.25, -0.2) is 0 Å². The van der Waals surface area contributed by atoms with Gasteiger partial charge in [-0.05, 0) is 47.8 Å². The predicted octanol–water partition coefficient (Wildman–Crippen LogP) is 6.80. The summed E-state index contributed by atoms with van der Waals surface area (Å²) in [6.07, 6.45) is 1.68. The molecule has 6 heteroatoms. The molecule has 0 saturated heterocycles. The molecule has 0 spiro atoms. The number of benzene rings is 2. The van der Waals surface area contributed by atoms with E-state index in [1.807, 2.05) is 13.0 Å². The van der Waals surface area contributed by atoms with Crippen molar-refractivity contribution in [3.05, 3.63) is 46.5 Å². The molecule has 0 heterocycles. The average Bonchev–Trinajstić information content (AvgIpc) is 2.75. The minimum Gasteiger partial charge on any atom is -0.506 e. The fourth-order valence-electron chi connectivity index (χ4n) is 3.34. The van der Waals surface area contributed by atoms with Gasteiger partial charge in [0.15, 0.2) is 6.10 Å². The Balaban J connectivity index is 2.38. The van der Waals surface area contributed by atoms with Crippen molar-refractivity contribution in [2.45, 2.75) is 84.7 Å². The van der Waals surface area contributed by atoms with E-state index in [1.54, 1.807) is 0 Å². The first-order valence-electron chi connectivity index (χ1n) is 11.3. The number of halogens is 1. The number of hydrogen-bond donors (Lipinski definition) is 3. The molecule has 2 aromatic rings. The van der Waals surface area contributed by atoms with Crippen LogP contribution in [0.3, 0.4) is 0 Å². The van der Waals surface area contributed by atoms with Crippen molar-refractivity contribution in [3.8, 4) is 11.5 Å². The van der Waals surface area contributed by atoms with Crippen molar-refractivity contribution in [1.82, 2.24) is 0 Å². The molecule has 5 nitrogen and oxygen atoms in total. The number of carbonyl (C=O) groups is 1. The number of hydrogen-bond acceptors (Lipinski definition) is 4. The number of rotatable bonds is 9. The lowest BCUT2D eigenvalue weighted by molar-refractivity contribution is -0.122. The van der Waals surface area contributed by atoms with Crippen molar-refractivity contribution in [2.75, 3.05) is 11.1 Å². The highest BCUT2D eigenvalue weighted by atomic mass is 35.5. The van der Waals surface area contributed by atoms with E-state index in [-0.39, 0.29) is 38.9 Å². The van der Waals surface area contributed by atoms with Crippen LogP contribution in [0.4, 0.5) is 11.4 Å². The normalized spacial score (nSPS) is 13.0. The van der Waals surface area contributed by atoms with Crippen molar-refractivity contribution < 1.29 is 14.6 Å². The van der Waals surface area contributed by atoms with Crippen LogP contribution in [0.2, 0.25) is 5.02 Å². The Morgan fingerprint density at radius 3 is 2.28 bits per heavy atom. The van der Waals surface area contributed by atoms with Crippen molar-refractivity contribution in [2.24, 2.45) is 0 Å². The van der Waals surface area contributed by atoms with Crippen LogP contribution >= 0.6 is 11.6 Å². The highest BCUT2D eigenvalue weighted by Gasteiger charge is 2.29. The second-order valence-electron chi connectivity index (χ2n) is 9.58. The van der Waals surface area contributed by atoms with Crippen LogP contribution in [-0.4, -0.2) is 17.1 Å². The number of ether oxygens (including phenoxy) is 1. The van der Waals surface area contributed by atoms with Crippen LogP contribution in [0, 0.1) is 0 Å². The van der Waals surface area contributed by atoms with E-state index in [1.165, 1.54) is 17.7 Å². The zero-order valence-corrected chi connectivity index (χ0v) is 21.1. The minimum absolute atomic E-state index is 0.0462. The van der Waals surface area contributed by atoms with Gasteiger partial charge in [0, 0.05) is 11.6 Å². The first-order chi connectivity index (χ1) is 14.9. The van der Waals surface area contributed by atoms with E-state index in [9.17, 15) is 9.90 Å². The number of nitrogens with two attached hydrogens (primary N) is 1. The average molecular weight is 461 g/mol. The Morgan fingerprint density at radius 2 is 1.72 bits per heavy atom. The van der Waals surface area contributed by atoms with Crippen LogP contribution in [-0.2, 0) is 15.6 Å². The number of phenolic OH excluding ortho intramolecular Hbond substituents is 1. The van der Waals surface area contributed by atoms with Crippen LogP contribution in [0.1, 0.15) is 78.9 Å². The third-order valence-electron chi connectivity index (χ3n) is 6.56. The molecule has 0 saturated carbocycles. The molecule has 2 rings (SSSR count).